The molecule has 4 aliphatic rings. The van der Waals surface area contributed by atoms with Gasteiger partial charge in [-0.15, -0.1) is 0 Å². The minimum absolute atomic E-state index is 0.0586. The van der Waals surface area contributed by atoms with Crippen LogP contribution in [0.2, 0.25) is 10.0 Å². The summed E-state index contributed by atoms with van der Waals surface area (Å²) in [5.41, 5.74) is 0.893. The molecule has 108 valence electrons. The Hall–Kier alpha value is -0.240. The van der Waals surface area contributed by atoms with Crippen molar-refractivity contribution in [3.63, 3.8) is 0 Å². The Morgan fingerprint density at radius 2 is 1.55 bits per heavy atom. The Morgan fingerprint density at radius 3 is 2.10 bits per heavy atom. The second kappa shape index (κ2) is 4.63. The molecule has 4 bridgehead atoms. The van der Waals surface area contributed by atoms with Gasteiger partial charge in [-0.2, -0.15) is 0 Å². The summed E-state index contributed by atoms with van der Waals surface area (Å²) >= 11 is 12.5. The van der Waals surface area contributed by atoms with Gasteiger partial charge >= 0.3 is 0 Å². The van der Waals surface area contributed by atoms with Crippen LogP contribution in [0, 0.1) is 23.2 Å². The lowest BCUT2D eigenvalue weighted by atomic mass is 9.47. The van der Waals surface area contributed by atoms with Gasteiger partial charge < -0.3 is 5.11 Å². The van der Waals surface area contributed by atoms with Gasteiger partial charge in [0.25, 0.3) is 0 Å². The molecule has 4 saturated carbocycles. The molecule has 0 spiro atoms. The van der Waals surface area contributed by atoms with Crippen LogP contribution in [-0.2, 0) is 0 Å². The van der Waals surface area contributed by atoms with Gasteiger partial charge in [-0.05, 0) is 62.3 Å². The molecule has 1 atom stereocenters. The first-order valence-electron chi connectivity index (χ1n) is 7.69. The largest absolute Gasteiger partial charge is 0.388 e. The van der Waals surface area contributed by atoms with Crippen LogP contribution in [-0.4, -0.2) is 5.11 Å². The predicted octanol–water partition coefficient (Wildman–Crippen LogP) is 5.24. The molecular formula is C17H20Cl2O. The first-order valence-corrected chi connectivity index (χ1v) is 8.45. The van der Waals surface area contributed by atoms with Crippen molar-refractivity contribution in [3.8, 4) is 0 Å². The van der Waals surface area contributed by atoms with Gasteiger partial charge in [-0.1, -0.05) is 35.3 Å². The van der Waals surface area contributed by atoms with Crippen LogP contribution >= 0.6 is 23.2 Å². The Morgan fingerprint density at radius 1 is 1.00 bits per heavy atom. The van der Waals surface area contributed by atoms with E-state index in [4.69, 9.17) is 23.2 Å². The molecule has 1 aromatic rings. The molecule has 20 heavy (non-hydrogen) atoms. The lowest BCUT2D eigenvalue weighted by Crippen LogP contribution is -2.48. The van der Waals surface area contributed by atoms with E-state index < -0.39 is 6.10 Å². The first-order chi connectivity index (χ1) is 9.57. The number of hydrogen-bond donors (Lipinski definition) is 1. The summed E-state index contributed by atoms with van der Waals surface area (Å²) < 4.78 is 0. The van der Waals surface area contributed by atoms with E-state index in [0.29, 0.717) is 10.0 Å². The molecule has 4 fully saturated rings. The van der Waals surface area contributed by atoms with Crippen molar-refractivity contribution in [2.45, 2.75) is 44.6 Å². The van der Waals surface area contributed by atoms with Crippen LogP contribution in [0.25, 0.3) is 0 Å². The average Bonchev–Trinajstić information content (AvgIpc) is 2.39. The molecule has 0 saturated heterocycles. The molecular weight excluding hydrogens is 291 g/mol. The van der Waals surface area contributed by atoms with E-state index in [1.165, 1.54) is 38.5 Å². The molecule has 5 rings (SSSR count). The highest BCUT2D eigenvalue weighted by atomic mass is 35.5. The van der Waals surface area contributed by atoms with E-state index in [0.717, 1.165) is 23.3 Å². The van der Waals surface area contributed by atoms with Gasteiger partial charge in [0.05, 0.1) is 16.1 Å². The fourth-order valence-corrected chi connectivity index (χ4v) is 5.99. The smallest absolute Gasteiger partial charge is 0.0861 e. The molecule has 0 radical (unpaired) electrons. The maximum Gasteiger partial charge on any atom is 0.0861 e. The zero-order valence-corrected chi connectivity index (χ0v) is 13.0. The molecule has 3 heteroatoms. The number of hydrogen-bond acceptors (Lipinski definition) is 1. The van der Waals surface area contributed by atoms with Crippen molar-refractivity contribution in [2.75, 3.05) is 0 Å². The van der Waals surface area contributed by atoms with Crippen molar-refractivity contribution in [3.05, 3.63) is 33.8 Å². The Labute approximate surface area is 130 Å². The molecule has 0 aromatic heterocycles. The highest BCUT2D eigenvalue weighted by Gasteiger charge is 2.54. The molecule has 1 nitrogen and oxygen atoms in total. The summed E-state index contributed by atoms with van der Waals surface area (Å²) in [6.07, 6.45) is 7.21. The molecule has 0 heterocycles. The third kappa shape index (κ3) is 1.94. The number of aliphatic hydroxyl groups is 1. The quantitative estimate of drug-likeness (QED) is 0.791. The van der Waals surface area contributed by atoms with Crippen LogP contribution in [0.3, 0.4) is 0 Å². The molecule has 4 aliphatic carbocycles. The summed E-state index contributed by atoms with van der Waals surface area (Å²) in [6.45, 7) is 0. The minimum atomic E-state index is -0.456. The van der Waals surface area contributed by atoms with E-state index in [1.54, 1.807) is 6.07 Å². The second-order valence-corrected chi connectivity index (χ2v) is 8.11. The number of rotatable bonds is 2. The van der Waals surface area contributed by atoms with Gasteiger partial charge in [0.2, 0.25) is 0 Å². The predicted molar refractivity (Wildman–Crippen MR) is 82.0 cm³/mol. The summed E-state index contributed by atoms with van der Waals surface area (Å²) in [7, 11) is 0. The number of halogens is 2. The SMILES string of the molecule is OC(c1cccc(Cl)c1Cl)C12CC3CC(CC(C3)C1)C2. The van der Waals surface area contributed by atoms with Crippen molar-refractivity contribution in [2.24, 2.45) is 23.2 Å². The fourth-order valence-electron chi connectivity index (χ4n) is 5.57. The monoisotopic (exact) mass is 310 g/mol. The van der Waals surface area contributed by atoms with Crippen LogP contribution in [0.15, 0.2) is 18.2 Å². The van der Waals surface area contributed by atoms with Gasteiger partial charge in [0.15, 0.2) is 0 Å². The molecule has 0 aliphatic heterocycles. The van der Waals surface area contributed by atoms with E-state index in [9.17, 15) is 5.11 Å². The van der Waals surface area contributed by atoms with Crippen molar-refractivity contribution >= 4 is 23.2 Å². The maximum absolute atomic E-state index is 11.0. The standard InChI is InChI=1S/C17H20Cl2O/c18-14-3-1-2-13(15(14)19)16(20)17-7-10-4-11(8-17)6-12(5-10)9-17/h1-3,10-12,16,20H,4-9H2. The zero-order valence-electron chi connectivity index (χ0n) is 11.5. The Kier molecular flexibility index (Phi) is 3.11. The third-order valence-corrected chi connectivity index (χ3v) is 6.78. The van der Waals surface area contributed by atoms with Gasteiger partial charge in [0.1, 0.15) is 0 Å². The Bertz CT molecular complexity index is 505. The minimum Gasteiger partial charge on any atom is -0.388 e. The molecule has 0 amide bonds. The molecule has 1 aromatic carbocycles. The van der Waals surface area contributed by atoms with E-state index in [-0.39, 0.29) is 5.41 Å². The second-order valence-electron chi connectivity index (χ2n) is 7.33. The number of benzene rings is 1. The highest BCUT2D eigenvalue weighted by molar-refractivity contribution is 6.42. The topological polar surface area (TPSA) is 20.2 Å². The normalized spacial score (nSPS) is 40.0. The summed E-state index contributed by atoms with van der Waals surface area (Å²) in [6, 6.07) is 5.63. The van der Waals surface area contributed by atoms with Gasteiger partial charge in [0, 0.05) is 11.0 Å². The lowest BCUT2D eigenvalue weighted by molar-refractivity contribution is -0.122. The first kappa shape index (κ1) is 13.4. The van der Waals surface area contributed by atoms with Crippen LogP contribution < -0.4 is 0 Å². The fraction of sp³-hybridized carbons (Fsp3) is 0.647. The zero-order chi connectivity index (χ0) is 13.9. The van der Waals surface area contributed by atoms with E-state index >= 15 is 0 Å². The van der Waals surface area contributed by atoms with Gasteiger partial charge in [-0.25, -0.2) is 0 Å². The van der Waals surface area contributed by atoms with Crippen molar-refractivity contribution < 1.29 is 5.11 Å². The summed E-state index contributed by atoms with van der Waals surface area (Å²) in [4.78, 5) is 0. The van der Waals surface area contributed by atoms with Crippen molar-refractivity contribution in [1.82, 2.24) is 0 Å². The van der Waals surface area contributed by atoms with E-state index in [2.05, 4.69) is 0 Å². The summed E-state index contributed by atoms with van der Waals surface area (Å²) in [5, 5.41) is 12.1. The van der Waals surface area contributed by atoms with Crippen LogP contribution in [0.1, 0.15) is 50.2 Å². The van der Waals surface area contributed by atoms with Crippen molar-refractivity contribution in [1.29, 1.82) is 0 Å². The average molecular weight is 311 g/mol. The molecule has 1 unspecified atom stereocenters. The lowest BCUT2D eigenvalue weighted by Gasteiger charge is -2.58. The van der Waals surface area contributed by atoms with Gasteiger partial charge in [-0.3, -0.25) is 0 Å². The Balaban J connectivity index is 1.71. The summed E-state index contributed by atoms with van der Waals surface area (Å²) in [5.74, 6) is 2.48. The maximum atomic E-state index is 11.0. The van der Waals surface area contributed by atoms with E-state index in [1.807, 2.05) is 12.1 Å². The van der Waals surface area contributed by atoms with Crippen LogP contribution in [0.4, 0.5) is 0 Å². The third-order valence-electron chi connectivity index (χ3n) is 5.94. The van der Waals surface area contributed by atoms with Crippen LogP contribution in [0.5, 0.6) is 0 Å². The highest BCUT2D eigenvalue weighted by Crippen LogP contribution is 2.64. The number of aliphatic hydroxyl groups excluding tert-OH is 1. The molecule has 1 N–H and O–H groups in total.